The Morgan fingerprint density at radius 2 is 2.00 bits per heavy atom. The lowest BCUT2D eigenvalue weighted by Crippen LogP contribution is -2.25. The molecule has 0 fully saturated rings. The van der Waals surface area contributed by atoms with E-state index in [-0.39, 0.29) is 6.04 Å². The van der Waals surface area contributed by atoms with Crippen LogP contribution in [-0.4, -0.2) is 19.2 Å². The van der Waals surface area contributed by atoms with Gasteiger partial charge in [-0.25, -0.2) is 4.79 Å². The van der Waals surface area contributed by atoms with Crippen LogP contribution in [0.1, 0.15) is 31.0 Å². The maximum atomic E-state index is 11.3. The largest absolute Gasteiger partial charge is 0.479 e. The van der Waals surface area contributed by atoms with Gasteiger partial charge in [-0.1, -0.05) is 17.7 Å². The van der Waals surface area contributed by atoms with Gasteiger partial charge < -0.3 is 15.2 Å². The first kappa shape index (κ1) is 13.5. The van der Waals surface area contributed by atoms with Crippen LogP contribution in [0.25, 0.3) is 0 Å². The van der Waals surface area contributed by atoms with E-state index in [9.17, 15) is 4.79 Å². The molecule has 2 atom stereocenters. The van der Waals surface area contributed by atoms with E-state index in [4.69, 9.17) is 10.5 Å². The highest BCUT2D eigenvalue weighted by Gasteiger charge is 2.17. The quantitative estimate of drug-likeness (QED) is 0.813. The van der Waals surface area contributed by atoms with Gasteiger partial charge in [0.2, 0.25) is 0 Å². The third-order valence-corrected chi connectivity index (χ3v) is 2.49. The minimum Gasteiger partial charge on any atom is -0.479 e. The number of hydrogen-bond acceptors (Lipinski definition) is 4. The molecule has 1 aromatic carbocycles. The van der Waals surface area contributed by atoms with Crippen molar-refractivity contribution in [1.29, 1.82) is 0 Å². The zero-order valence-corrected chi connectivity index (χ0v) is 10.7. The van der Waals surface area contributed by atoms with Crippen LogP contribution in [0.5, 0.6) is 5.75 Å². The van der Waals surface area contributed by atoms with Gasteiger partial charge in [-0.3, -0.25) is 0 Å². The highest BCUT2D eigenvalue weighted by atomic mass is 16.6. The molecule has 0 bridgehead atoms. The molecule has 1 aromatic rings. The molecule has 0 aliphatic rings. The summed E-state index contributed by atoms with van der Waals surface area (Å²) in [5.41, 5.74) is 7.87. The molecule has 2 N–H and O–H groups in total. The normalized spacial score (nSPS) is 13.9. The zero-order chi connectivity index (χ0) is 13.0. The van der Waals surface area contributed by atoms with Gasteiger partial charge in [0, 0.05) is 11.6 Å². The molecule has 0 heterocycles. The van der Waals surface area contributed by atoms with E-state index < -0.39 is 12.1 Å². The Bertz CT molecular complexity index is 402. The van der Waals surface area contributed by atoms with E-state index in [0.717, 1.165) is 11.1 Å². The van der Waals surface area contributed by atoms with Crippen molar-refractivity contribution in [3.63, 3.8) is 0 Å². The molecule has 0 spiro atoms. The van der Waals surface area contributed by atoms with Crippen LogP contribution in [0.15, 0.2) is 18.2 Å². The van der Waals surface area contributed by atoms with Crippen molar-refractivity contribution in [2.24, 2.45) is 5.73 Å². The van der Waals surface area contributed by atoms with Crippen LogP contribution in [0.4, 0.5) is 0 Å². The third-order valence-electron chi connectivity index (χ3n) is 2.49. The molecular weight excluding hydrogens is 218 g/mol. The Morgan fingerprint density at radius 3 is 2.53 bits per heavy atom. The summed E-state index contributed by atoms with van der Waals surface area (Å²) in [6.07, 6.45) is -0.639. The van der Waals surface area contributed by atoms with Gasteiger partial charge in [0.05, 0.1) is 7.11 Å². The maximum Gasteiger partial charge on any atom is 0.346 e. The zero-order valence-electron chi connectivity index (χ0n) is 10.7. The van der Waals surface area contributed by atoms with Crippen LogP contribution >= 0.6 is 0 Å². The summed E-state index contributed by atoms with van der Waals surface area (Å²) in [7, 11) is 1.34. The number of nitrogens with two attached hydrogens (primary N) is 1. The minimum absolute atomic E-state index is 0.144. The van der Waals surface area contributed by atoms with E-state index in [2.05, 4.69) is 4.74 Å². The standard InChI is InChI=1S/C13H19NO3/c1-8-5-6-12(11(7-8)9(2)14)17-10(3)13(15)16-4/h5-7,9-10H,14H2,1-4H3/t9-,10?/m0/s1. The summed E-state index contributed by atoms with van der Waals surface area (Å²) in [5, 5.41) is 0. The lowest BCUT2D eigenvalue weighted by Gasteiger charge is -2.18. The molecule has 1 unspecified atom stereocenters. The van der Waals surface area contributed by atoms with Gasteiger partial charge >= 0.3 is 5.97 Å². The van der Waals surface area contributed by atoms with Gasteiger partial charge in [-0.2, -0.15) is 0 Å². The average Bonchev–Trinajstić information content (AvgIpc) is 2.29. The molecule has 17 heavy (non-hydrogen) atoms. The fourth-order valence-electron chi connectivity index (χ4n) is 1.54. The highest BCUT2D eigenvalue weighted by Crippen LogP contribution is 2.26. The minimum atomic E-state index is -0.639. The monoisotopic (exact) mass is 237 g/mol. The van der Waals surface area contributed by atoms with Crippen LogP contribution in [0.3, 0.4) is 0 Å². The van der Waals surface area contributed by atoms with Crippen LogP contribution < -0.4 is 10.5 Å². The van der Waals surface area contributed by atoms with Crippen molar-refractivity contribution in [3.05, 3.63) is 29.3 Å². The van der Waals surface area contributed by atoms with Crippen LogP contribution in [-0.2, 0) is 9.53 Å². The van der Waals surface area contributed by atoms with E-state index in [0.29, 0.717) is 5.75 Å². The van der Waals surface area contributed by atoms with Gasteiger partial charge in [0.15, 0.2) is 6.10 Å². The Balaban J connectivity index is 2.94. The Morgan fingerprint density at radius 1 is 1.35 bits per heavy atom. The molecule has 0 aliphatic carbocycles. The van der Waals surface area contributed by atoms with E-state index in [1.807, 2.05) is 32.0 Å². The second kappa shape index (κ2) is 5.68. The smallest absolute Gasteiger partial charge is 0.346 e. The first-order valence-corrected chi connectivity index (χ1v) is 5.56. The highest BCUT2D eigenvalue weighted by molar-refractivity contribution is 5.74. The lowest BCUT2D eigenvalue weighted by atomic mass is 10.1. The van der Waals surface area contributed by atoms with Crippen molar-refractivity contribution >= 4 is 5.97 Å². The molecule has 1 rings (SSSR count). The first-order valence-electron chi connectivity index (χ1n) is 5.56. The van der Waals surface area contributed by atoms with Gasteiger partial charge in [0.25, 0.3) is 0 Å². The Labute approximate surface area is 102 Å². The number of ether oxygens (including phenoxy) is 2. The van der Waals surface area contributed by atoms with E-state index >= 15 is 0 Å². The van der Waals surface area contributed by atoms with Crippen molar-refractivity contribution < 1.29 is 14.3 Å². The summed E-state index contributed by atoms with van der Waals surface area (Å²) < 4.78 is 10.2. The predicted octanol–water partition coefficient (Wildman–Crippen LogP) is 1.96. The molecule has 0 saturated carbocycles. The fourth-order valence-corrected chi connectivity index (χ4v) is 1.54. The second-order valence-electron chi connectivity index (χ2n) is 4.11. The van der Waals surface area contributed by atoms with Crippen molar-refractivity contribution in [3.8, 4) is 5.75 Å². The summed E-state index contributed by atoms with van der Waals surface area (Å²) in [4.78, 5) is 11.3. The molecular formula is C13H19NO3. The molecule has 0 radical (unpaired) electrons. The van der Waals surface area contributed by atoms with Crippen molar-refractivity contribution in [1.82, 2.24) is 0 Å². The number of benzene rings is 1. The van der Waals surface area contributed by atoms with Crippen LogP contribution in [0.2, 0.25) is 0 Å². The number of hydrogen-bond donors (Lipinski definition) is 1. The lowest BCUT2D eigenvalue weighted by molar-refractivity contribution is -0.147. The second-order valence-corrected chi connectivity index (χ2v) is 4.11. The van der Waals surface area contributed by atoms with Crippen molar-refractivity contribution in [2.75, 3.05) is 7.11 Å². The SMILES string of the molecule is COC(=O)C(C)Oc1ccc(C)cc1[C@H](C)N. The van der Waals surface area contributed by atoms with Gasteiger partial charge in [-0.15, -0.1) is 0 Å². The topological polar surface area (TPSA) is 61.5 Å². The summed E-state index contributed by atoms with van der Waals surface area (Å²) in [6.45, 7) is 5.51. The number of esters is 1. The predicted molar refractivity (Wildman–Crippen MR) is 65.9 cm³/mol. The number of rotatable bonds is 4. The number of aryl methyl sites for hydroxylation is 1. The molecule has 0 aliphatic heterocycles. The molecule has 4 nitrogen and oxygen atoms in total. The molecule has 0 aromatic heterocycles. The number of carbonyl (C=O) groups excluding carboxylic acids is 1. The summed E-state index contributed by atoms with van der Waals surface area (Å²) >= 11 is 0. The number of carbonyl (C=O) groups is 1. The molecule has 4 heteroatoms. The van der Waals surface area contributed by atoms with Gasteiger partial charge in [-0.05, 0) is 26.8 Å². The fraction of sp³-hybridized carbons (Fsp3) is 0.462. The third kappa shape index (κ3) is 3.46. The van der Waals surface area contributed by atoms with E-state index in [1.165, 1.54) is 7.11 Å². The van der Waals surface area contributed by atoms with Crippen LogP contribution in [0, 0.1) is 6.92 Å². The summed E-state index contributed by atoms with van der Waals surface area (Å²) in [6, 6.07) is 5.57. The Hall–Kier alpha value is -1.55. The maximum absolute atomic E-state index is 11.3. The first-order chi connectivity index (χ1) is 7.95. The van der Waals surface area contributed by atoms with Crippen molar-refractivity contribution in [2.45, 2.75) is 32.9 Å². The molecule has 94 valence electrons. The van der Waals surface area contributed by atoms with Gasteiger partial charge in [0.1, 0.15) is 5.75 Å². The summed E-state index contributed by atoms with van der Waals surface area (Å²) in [5.74, 6) is 0.227. The number of methoxy groups -OCH3 is 1. The van der Waals surface area contributed by atoms with E-state index in [1.54, 1.807) is 6.92 Å². The molecule has 0 amide bonds. The molecule has 0 saturated heterocycles. The Kier molecular flexibility index (Phi) is 4.52. The average molecular weight is 237 g/mol.